The van der Waals surface area contributed by atoms with Crippen LogP contribution in [-0.4, -0.2) is 56.3 Å². The van der Waals surface area contributed by atoms with Gasteiger partial charge in [0, 0.05) is 38.1 Å². The van der Waals surface area contributed by atoms with E-state index in [9.17, 15) is 9.18 Å². The number of hydrogen-bond donors (Lipinski definition) is 2. The van der Waals surface area contributed by atoms with Gasteiger partial charge in [-0.25, -0.2) is 9.18 Å². The Morgan fingerprint density at radius 3 is 2.61 bits per heavy atom. The zero-order valence-corrected chi connectivity index (χ0v) is 19.5. The fourth-order valence-electron chi connectivity index (χ4n) is 3.13. The Morgan fingerprint density at radius 2 is 2.04 bits per heavy atom. The van der Waals surface area contributed by atoms with Crippen LogP contribution in [-0.2, 0) is 10.2 Å². The van der Waals surface area contributed by atoms with Crippen LogP contribution in [0.2, 0.25) is 0 Å². The zero-order valence-electron chi connectivity index (χ0n) is 17.1. The SMILES string of the molecule is CCOC(=O)N1CCC(NC(=NC)NCC(C)(C)c2cccc(F)c2)CC1.I. The van der Waals surface area contributed by atoms with Gasteiger partial charge in [0.05, 0.1) is 6.61 Å². The van der Waals surface area contributed by atoms with Crippen molar-refractivity contribution in [3.8, 4) is 0 Å². The monoisotopic (exact) mass is 506 g/mol. The van der Waals surface area contributed by atoms with Crippen molar-refractivity contribution in [1.29, 1.82) is 0 Å². The van der Waals surface area contributed by atoms with Gasteiger partial charge in [0.2, 0.25) is 0 Å². The molecular weight excluding hydrogens is 474 g/mol. The second-order valence-corrected chi connectivity index (χ2v) is 7.42. The van der Waals surface area contributed by atoms with Crippen molar-refractivity contribution in [2.75, 3.05) is 33.3 Å². The molecule has 1 heterocycles. The van der Waals surface area contributed by atoms with Gasteiger partial charge in [0.15, 0.2) is 5.96 Å². The molecule has 1 aliphatic heterocycles. The summed E-state index contributed by atoms with van der Waals surface area (Å²) in [6, 6.07) is 6.95. The molecule has 2 rings (SSSR count). The van der Waals surface area contributed by atoms with Gasteiger partial charge in [0.1, 0.15) is 5.82 Å². The Balaban J connectivity index is 0.00000392. The van der Waals surface area contributed by atoms with Gasteiger partial charge >= 0.3 is 6.09 Å². The van der Waals surface area contributed by atoms with E-state index in [1.807, 2.05) is 13.0 Å². The number of likely N-dealkylation sites (tertiary alicyclic amines) is 1. The maximum Gasteiger partial charge on any atom is 0.409 e. The standard InChI is InChI=1S/C20H31FN4O2.HI/c1-5-27-19(26)25-11-9-17(10-12-25)24-18(22-4)23-14-20(2,3)15-7-6-8-16(21)13-15;/h6-8,13,17H,5,9-12,14H2,1-4H3,(H2,22,23,24);1H. The predicted molar refractivity (Wildman–Crippen MR) is 121 cm³/mol. The molecule has 0 aromatic heterocycles. The molecule has 1 saturated heterocycles. The molecule has 6 nitrogen and oxygen atoms in total. The molecule has 1 aromatic rings. The Hall–Kier alpha value is -1.58. The lowest BCUT2D eigenvalue weighted by molar-refractivity contribution is 0.0963. The number of aliphatic imine (C=N–C) groups is 1. The molecule has 0 atom stereocenters. The van der Waals surface area contributed by atoms with E-state index in [-0.39, 0.29) is 47.3 Å². The van der Waals surface area contributed by atoms with Crippen LogP contribution in [0.25, 0.3) is 0 Å². The molecule has 0 radical (unpaired) electrons. The number of rotatable bonds is 5. The molecular formula is C20H32FIN4O2. The van der Waals surface area contributed by atoms with Gasteiger partial charge in [-0.2, -0.15) is 0 Å². The minimum atomic E-state index is -0.243. The molecule has 0 unspecified atom stereocenters. The quantitative estimate of drug-likeness (QED) is 0.365. The van der Waals surface area contributed by atoms with E-state index in [0.717, 1.165) is 18.4 Å². The van der Waals surface area contributed by atoms with Crippen molar-refractivity contribution in [3.63, 3.8) is 0 Å². The van der Waals surface area contributed by atoms with E-state index in [2.05, 4.69) is 29.5 Å². The smallest absolute Gasteiger partial charge is 0.409 e. The summed E-state index contributed by atoms with van der Waals surface area (Å²) in [7, 11) is 1.73. The Bertz CT molecular complexity index is 661. The number of ether oxygens (including phenoxy) is 1. The van der Waals surface area contributed by atoms with Gasteiger partial charge < -0.3 is 20.3 Å². The average molecular weight is 506 g/mol. The van der Waals surface area contributed by atoms with Gasteiger partial charge in [0.25, 0.3) is 0 Å². The van der Waals surface area contributed by atoms with Crippen LogP contribution in [0, 0.1) is 5.82 Å². The number of nitrogens with zero attached hydrogens (tertiary/aromatic N) is 2. The minimum absolute atomic E-state index is 0. The second kappa shape index (κ2) is 11.4. The van der Waals surface area contributed by atoms with Crippen molar-refractivity contribution in [2.24, 2.45) is 4.99 Å². The molecule has 8 heteroatoms. The van der Waals surface area contributed by atoms with Crippen molar-refractivity contribution in [2.45, 2.75) is 45.1 Å². The van der Waals surface area contributed by atoms with Crippen LogP contribution < -0.4 is 10.6 Å². The van der Waals surface area contributed by atoms with Gasteiger partial charge in [-0.15, -0.1) is 24.0 Å². The maximum absolute atomic E-state index is 13.5. The summed E-state index contributed by atoms with van der Waals surface area (Å²) in [6.07, 6.45) is 1.44. The molecule has 1 aromatic carbocycles. The molecule has 0 bridgehead atoms. The Labute approximate surface area is 184 Å². The second-order valence-electron chi connectivity index (χ2n) is 7.42. The average Bonchev–Trinajstić information content (AvgIpc) is 2.66. The summed E-state index contributed by atoms with van der Waals surface area (Å²) in [6.45, 7) is 8.31. The summed E-state index contributed by atoms with van der Waals surface area (Å²) in [5, 5.41) is 6.76. The number of carbonyl (C=O) groups excluding carboxylic acids is 1. The van der Waals surface area contributed by atoms with Crippen LogP contribution in [0.3, 0.4) is 0 Å². The van der Waals surface area contributed by atoms with E-state index in [1.165, 1.54) is 6.07 Å². The van der Waals surface area contributed by atoms with Crippen molar-refractivity contribution in [3.05, 3.63) is 35.6 Å². The van der Waals surface area contributed by atoms with Crippen molar-refractivity contribution >= 4 is 36.0 Å². The van der Waals surface area contributed by atoms with Gasteiger partial charge in [-0.3, -0.25) is 4.99 Å². The Kier molecular flexibility index (Phi) is 9.98. The third kappa shape index (κ3) is 7.10. The highest BCUT2D eigenvalue weighted by atomic mass is 127. The molecule has 1 fully saturated rings. The molecule has 2 N–H and O–H groups in total. The highest BCUT2D eigenvalue weighted by Gasteiger charge is 2.25. The fourth-order valence-corrected chi connectivity index (χ4v) is 3.13. The predicted octanol–water partition coefficient (Wildman–Crippen LogP) is 3.51. The molecule has 28 heavy (non-hydrogen) atoms. The lowest BCUT2D eigenvalue weighted by atomic mass is 9.84. The largest absolute Gasteiger partial charge is 0.450 e. The summed E-state index contributed by atoms with van der Waals surface area (Å²) in [5.74, 6) is 0.491. The van der Waals surface area contributed by atoms with E-state index in [4.69, 9.17) is 4.74 Å². The van der Waals surface area contributed by atoms with Crippen molar-refractivity contribution in [1.82, 2.24) is 15.5 Å². The van der Waals surface area contributed by atoms with Gasteiger partial charge in [-0.05, 0) is 37.5 Å². The molecule has 158 valence electrons. The lowest BCUT2D eigenvalue weighted by Gasteiger charge is -2.33. The lowest BCUT2D eigenvalue weighted by Crippen LogP contribution is -2.51. The molecule has 1 amide bonds. The van der Waals surface area contributed by atoms with E-state index in [0.29, 0.717) is 32.2 Å². The van der Waals surface area contributed by atoms with Crippen LogP contribution in [0.4, 0.5) is 9.18 Å². The maximum atomic E-state index is 13.5. The number of benzene rings is 1. The first-order valence-corrected chi connectivity index (χ1v) is 9.50. The van der Waals surface area contributed by atoms with E-state index >= 15 is 0 Å². The molecule has 0 aliphatic carbocycles. The van der Waals surface area contributed by atoms with Crippen LogP contribution in [0.15, 0.2) is 29.3 Å². The first-order chi connectivity index (χ1) is 12.9. The highest BCUT2D eigenvalue weighted by Crippen LogP contribution is 2.22. The fraction of sp³-hybridized carbons (Fsp3) is 0.600. The number of halogens is 2. The first-order valence-electron chi connectivity index (χ1n) is 9.50. The third-order valence-electron chi connectivity index (χ3n) is 4.89. The molecule has 1 aliphatic rings. The molecule has 0 spiro atoms. The minimum Gasteiger partial charge on any atom is -0.450 e. The number of carbonyl (C=O) groups is 1. The number of piperidine rings is 1. The number of nitrogens with one attached hydrogen (secondary N) is 2. The number of hydrogen-bond acceptors (Lipinski definition) is 3. The normalized spacial score (nSPS) is 15.6. The Morgan fingerprint density at radius 1 is 1.36 bits per heavy atom. The third-order valence-corrected chi connectivity index (χ3v) is 4.89. The van der Waals surface area contributed by atoms with Crippen molar-refractivity contribution < 1.29 is 13.9 Å². The van der Waals surface area contributed by atoms with Crippen LogP contribution >= 0.6 is 24.0 Å². The van der Waals surface area contributed by atoms with E-state index < -0.39 is 0 Å². The van der Waals surface area contributed by atoms with Crippen LogP contribution in [0.5, 0.6) is 0 Å². The number of guanidine groups is 1. The summed E-state index contributed by atoms with van der Waals surface area (Å²) in [4.78, 5) is 17.8. The van der Waals surface area contributed by atoms with Gasteiger partial charge in [-0.1, -0.05) is 26.0 Å². The van der Waals surface area contributed by atoms with E-state index in [1.54, 1.807) is 24.1 Å². The summed E-state index contributed by atoms with van der Waals surface area (Å²) < 4.78 is 18.6. The van der Waals surface area contributed by atoms with Crippen LogP contribution in [0.1, 0.15) is 39.2 Å². The first kappa shape index (κ1) is 24.5. The number of amides is 1. The zero-order chi connectivity index (χ0) is 19.9. The highest BCUT2D eigenvalue weighted by molar-refractivity contribution is 14.0. The summed E-state index contributed by atoms with van der Waals surface area (Å²) in [5.41, 5.74) is 0.695. The molecule has 0 saturated carbocycles. The topological polar surface area (TPSA) is 66.0 Å². The summed E-state index contributed by atoms with van der Waals surface area (Å²) >= 11 is 0.